The second-order valence-corrected chi connectivity index (χ2v) is 14.4. The molecule has 0 aliphatic carbocycles. The van der Waals surface area contributed by atoms with Crippen molar-refractivity contribution >= 4 is 34.4 Å². The van der Waals surface area contributed by atoms with Crippen LogP contribution in [-0.4, -0.2) is 71.7 Å². The van der Waals surface area contributed by atoms with Crippen LogP contribution in [0.5, 0.6) is 5.75 Å². The van der Waals surface area contributed by atoms with Crippen molar-refractivity contribution in [2.45, 2.75) is 66.2 Å². The Hall–Kier alpha value is -5.49. The largest absolute Gasteiger partial charge is 0.493 e. The lowest BCUT2D eigenvalue weighted by atomic mass is 9.94. The number of hydrogen-bond acceptors (Lipinski definition) is 9. The van der Waals surface area contributed by atoms with Crippen LogP contribution in [0.2, 0.25) is 0 Å². The number of hydrogen-bond donors (Lipinski definition) is 0. The summed E-state index contributed by atoms with van der Waals surface area (Å²) >= 11 is 0. The van der Waals surface area contributed by atoms with Crippen LogP contribution in [0.3, 0.4) is 0 Å². The van der Waals surface area contributed by atoms with E-state index in [1.54, 1.807) is 6.92 Å². The molecule has 1 fully saturated rings. The van der Waals surface area contributed by atoms with Crippen LogP contribution in [-0.2, 0) is 16.9 Å². The maximum absolute atomic E-state index is 15.1. The summed E-state index contributed by atoms with van der Waals surface area (Å²) in [6.45, 7) is 20.9. The lowest BCUT2D eigenvalue weighted by molar-refractivity contribution is -0.0725. The molecule has 0 spiro atoms. The van der Waals surface area contributed by atoms with Crippen molar-refractivity contribution in [1.82, 2.24) is 19.9 Å². The molecular weight excluding hydrogens is 711 g/mol. The summed E-state index contributed by atoms with van der Waals surface area (Å²) in [7, 11) is 0. The first kappa shape index (κ1) is 40.2. The maximum Gasteiger partial charge on any atom is 0.132 e. The number of benzene rings is 4. The maximum atomic E-state index is 15.1. The molecule has 0 radical (unpaired) electrons. The fourth-order valence-corrected chi connectivity index (χ4v) is 6.90. The van der Waals surface area contributed by atoms with E-state index in [1.165, 1.54) is 22.6 Å². The standard InChI is InChI=1S/C42H48F2N8O2.C2H6/c1-6-31(3)50-29-45-52(32(50)4)36-14-12-34(13-15-36)48-21-23-49(24-22-48)35-16-18-37(19-17-35)53-26-30(2)27-54-42(5,38-20-11-33(43)25-39(38)44)28-51-46-40-9-7-8-10-41(40)47-51;1-2/h7-20,25,29-31H,4,6,21-24,26-28H2,1-3,5H3;1-2H3. The minimum Gasteiger partial charge on any atom is -0.493 e. The molecule has 12 heteroatoms. The molecule has 2 aliphatic heterocycles. The van der Waals surface area contributed by atoms with Crippen LogP contribution >= 0.6 is 0 Å². The molecule has 3 unspecified atom stereocenters. The monoisotopic (exact) mass is 764 g/mol. The number of halogens is 2. The molecule has 296 valence electrons. The molecule has 0 bridgehead atoms. The van der Waals surface area contributed by atoms with Crippen molar-refractivity contribution in [2.24, 2.45) is 11.0 Å². The molecule has 10 nitrogen and oxygen atoms in total. The van der Waals surface area contributed by atoms with E-state index in [9.17, 15) is 4.39 Å². The summed E-state index contributed by atoms with van der Waals surface area (Å²) in [6.07, 6.45) is 2.88. The highest BCUT2D eigenvalue weighted by atomic mass is 19.1. The first-order valence-corrected chi connectivity index (χ1v) is 19.6. The SMILES string of the molecule is C=C1N(c2ccc(N3CCN(c4ccc(OCC(C)COC(C)(Cn5nc6ccccc6n5)c5ccc(F)cc5F)cc4)CC3)cc2)N=CN1C(C)CC.CC. The Labute approximate surface area is 329 Å². The smallest absolute Gasteiger partial charge is 0.132 e. The fourth-order valence-electron chi connectivity index (χ4n) is 6.90. The highest BCUT2D eigenvalue weighted by Crippen LogP contribution is 2.32. The van der Waals surface area contributed by atoms with Gasteiger partial charge in [-0.15, -0.1) is 0 Å². The number of anilines is 3. The molecule has 0 N–H and O–H groups in total. The Morgan fingerprint density at radius 3 is 1.93 bits per heavy atom. The number of nitrogens with zero attached hydrogens (tertiary/aromatic N) is 8. The Kier molecular flexibility index (Phi) is 12.9. The van der Waals surface area contributed by atoms with E-state index in [2.05, 4.69) is 86.8 Å². The number of ether oxygens (including phenoxy) is 2. The molecule has 0 amide bonds. The quantitative estimate of drug-likeness (QED) is 0.111. The van der Waals surface area contributed by atoms with Crippen molar-refractivity contribution in [1.29, 1.82) is 0 Å². The first-order chi connectivity index (χ1) is 27.1. The van der Waals surface area contributed by atoms with Crippen LogP contribution in [0.15, 0.2) is 108 Å². The number of hydrazone groups is 1. The van der Waals surface area contributed by atoms with Gasteiger partial charge in [-0.25, -0.2) is 13.8 Å². The third-order valence-electron chi connectivity index (χ3n) is 10.3. The molecule has 5 aromatic rings. The molecule has 56 heavy (non-hydrogen) atoms. The number of fused-ring (bicyclic) bond motifs is 1. The molecule has 0 saturated carbocycles. The van der Waals surface area contributed by atoms with Gasteiger partial charge in [0.05, 0.1) is 25.4 Å². The summed E-state index contributed by atoms with van der Waals surface area (Å²) in [5.41, 5.74) is 3.88. The van der Waals surface area contributed by atoms with Crippen molar-refractivity contribution in [3.05, 3.63) is 121 Å². The van der Waals surface area contributed by atoms with Gasteiger partial charge in [0.1, 0.15) is 46.2 Å². The predicted molar refractivity (Wildman–Crippen MR) is 222 cm³/mol. The van der Waals surface area contributed by atoms with Gasteiger partial charge >= 0.3 is 0 Å². The van der Waals surface area contributed by atoms with Gasteiger partial charge in [-0.1, -0.05) is 52.5 Å². The second-order valence-electron chi connectivity index (χ2n) is 14.4. The lowest BCUT2D eigenvalue weighted by Gasteiger charge is -2.37. The lowest BCUT2D eigenvalue weighted by Crippen LogP contribution is -2.46. The second kappa shape index (κ2) is 18.0. The summed E-state index contributed by atoms with van der Waals surface area (Å²) in [5.74, 6) is 0.288. The molecular formula is C44H54F2N8O2. The predicted octanol–water partition coefficient (Wildman–Crippen LogP) is 9.04. The number of rotatable bonds is 14. The molecule has 1 aromatic heterocycles. The third-order valence-corrected chi connectivity index (χ3v) is 10.3. The van der Waals surface area contributed by atoms with Gasteiger partial charge in [0.2, 0.25) is 0 Å². The molecule has 4 aromatic carbocycles. The molecule has 2 aliphatic rings. The van der Waals surface area contributed by atoms with Crippen LogP contribution in [0, 0.1) is 17.6 Å². The van der Waals surface area contributed by atoms with Crippen molar-refractivity contribution in [3.8, 4) is 5.75 Å². The van der Waals surface area contributed by atoms with Crippen molar-refractivity contribution < 1.29 is 18.3 Å². The summed E-state index contributed by atoms with van der Waals surface area (Å²) in [4.78, 5) is 8.43. The van der Waals surface area contributed by atoms with Gasteiger partial charge in [-0.2, -0.15) is 20.1 Å². The molecule has 1 saturated heterocycles. The van der Waals surface area contributed by atoms with Crippen LogP contribution in [0.25, 0.3) is 11.0 Å². The molecule has 3 heterocycles. The van der Waals surface area contributed by atoms with E-state index in [4.69, 9.17) is 9.47 Å². The van der Waals surface area contributed by atoms with Gasteiger partial charge in [0.25, 0.3) is 0 Å². The highest BCUT2D eigenvalue weighted by Gasteiger charge is 2.33. The normalized spacial score (nSPS) is 16.5. The summed E-state index contributed by atoms with van der Waals surface area (Å²) < 4.78 is 41.5. The van der Waals surface area contributed by atoms with E-state index in [1.807, 2.05) is 68.5 Å². The topological polar surface area (TPSA) is 74.5 Å². The van der Waals surface area contributed by atoms with E-state index < -0.39 is 17.2 Å². The summed E-state index contributed by atoms with van der Waals surface area (Å²) in [6, 6.07) is 28.2. The van der Waals surface area contributed by atoms with Crippen molar-refractivity contribution in [2.75, 3.05) is 54.2 Å². The Bertz CT molecular complexity index is 2050. The van der Waals surface area contributed by atoms with E-state index in [0.717, 1.165) is 72.6 Å². The van der Waals surface area contributed by atoms with E-state index >= 15 is 4.39 Å². The van der Waals surface area contributed by atoms with Crippen molar-refractivity contribution in [3.63, 3.8) is 0 Å². The minimum atomic E-state index is -1.16. The zero-order valence-electron chi connectivity index (χ0n) is 33.4. The molecule has 7 rings (SSSR count). The Balaban J connectivity index is 0.00000262. The van der Waals surface area contributed by atoms with Gasteiger partial charge in [-0.3, -0.25) is 0 Å². The number of aromatic nitrogens is 3. The molecule has 3 atom stereocenters. The minimum absolute atomic E-state index is 0.0272. The van der Waals surface area contributed by atoms with Gasteiger partial charge in [0.15, 0.2) is 0 Å². The van der Waals surface area contributed by atoms with Gasteiger partial charge < -0.3 is 24.2 Å². The van der Waals surface area contributed by atoms with Crippen LogP contribution < -0.4 is 19.5 Å². The van der Waals surface area contributed by atoms with Gasteiger partial charge in [0, 0.05) is 61.1 Å². The average molecular weight is 765 g/mol. The third kappa shape index (κ3) is 9.13. The Morgan fingerprint density at radius 1 is 0.786 bits per heavy atom. The Morgan fingerprint density at radius 2 is 1.36 bits per heavy atom. The summed E-state index contributed by atoms with van der Waals surface area (Å²) in [5, 5.41) is 15.6. The van der Waals surface area contributed by atoms with E-state index in [0.29, 0.717) is 12.6 Å². The van der Waals surface area contributed by atoms with Gasteiger partial charge in [-0.05, 0) is 87.0 Å². The first-order valence-electron chi connectivity index (χ1n) is 19.6. The zero-order chi connectivity index (χ0) is 39.8. The van der Waals surface area contributed by atoms with E-state index in [-0.39, 0.29) is 24.6 Å². The highest BCUT2D eigenvalue weighted by molar-refractivity contribution is 5.73. The van der Waals surface area contributed by atoms with Crippen LogP contribution in [0.1, 0.15) is 53.5 Å². The van der Waals surface area contributed by atoms with Crippen LogP contribution in [0.4, 0.5) is 25.8 Å². The zero-order valence-corrected chi connectivity index (χ0v) is 33.4. The average Bonchev–Trinajstić information content (AvgIpc) is 3.82. The number of piperazine rings is 1. The fraction of sp³-hybridized carbons (Fsp3) is 0.386.